The van der Waals surface area contributed by atoms with Crippen LogP contribution < -0.4 is 10.6 Å². The molecule has 1 aliphatic heterocycles. The van der Waals surface area contributed by atoms with Crippen LogP contribution in [0.2, 0.25) is 0 Å². The van der Waals surface area contributed by atoms with Crippen molar-refractivity contribution in [1.29, 1.82) is 0 Å². The zero-order valence-electron chi connectivity index (χ0n) is 14.1. The molecule has 2 amide bonds. The van der Waals surface area contributed by atoms with Crippen molar-refractivity contribution in [2.45, 2.75) is 39.0 Å². The number of amides is 2. The van der Waals surface area contributed by atoms with Gasteiger partial charge >= 0.3 is 0 Å². The Hall–Kier alpha value is -2.69. The lowest BCUT2D eigenvalue weighted by Crippen LogP contribution is -2.32. The summed E-state index contributed by atoms with van der Waals surface area (Å²) in [6.45, 7) is 6.07. The Morgan fingerprint density at radius 2 is 2.12 bits per heavy atom. The summed E-state index contributed by atoms with van der Waals surface area (Å²) in [6.07, 6.45) is 4.53. The number of nitrogens with one attached hydrogen (secondary N) is 2. The predicted octanol–water partition coefficient (Wildman–Crippen LogP) is 3.52. The molecule has 2 heterocycles. The predicted molar refractivity (Wildman–Crippen MR) is 94.3 cm³/mol. The number of hydrogen-bond donors (Lipinski definition) is 2. The molecule has 0 saturated carbocycles. The van der Waals surface area contributed by atoms with E-state index in [-0.39, 0.29) is 17.2 Å². The van der Waals surface area contributed by atoms with E-state index in [4.69, 9.17) is 0 Å². The van der Waals surface area contributed by atoms with Crippen molar-refractivity contribution in [2.24, 2.45) is 0 Å². The normalized spacial score (nSPS) is 15.4. The van der Waals surface area contributed by atoms with E-state index in [1.165, 1.54) is 0 Å². The molecule has 5 nitrogen and oxygen atoms in total. The van der Waals surface area contributed by atoms with Crippen LogP contribution in [0.15, 0.2) is 36.7 Å². The van der Waals surface area contributed by atoms with Gasteiger partial charge in [0.2, 0.25) is 5.91 Å². The Labute approximate surface area is 141 Å². The smallest absolute Gasteiger partial charge is 0.256 e. The van der Waals surface area contributed by atoms with Crippen LogP contribution in [-0.4, -0.2) is 16.8 Å². The standard InChI is InChI=1S/C19H21N3O2/c1-4-12-11-20-8-7-14(12)18(24)21-13-5-6-16-15(9-13)19(2,3)10-17(23)22-16/h5-9,11H,4,10H2,1-3H3,(H,21,24)(H,22,23). The molecule has 0 fully saturated rings. The third-order valence-corrected chi connectivity index (χ3v) is 4.41. The van der Waals surface area contributed by atoms with Gasteiger partial charge in [0.05, 0.1) is 0 Å². The highest BCUT2D eigenvalue weighted by Crippen LogP contribution is 2.38. The molecule has 0 bridgehead atoms. The summed E-state index contributed by atoms with van der Waals surface area (Å²) in [5, 5.41) is 5.84. The molecule has 0 unspecified atom stereocenters. The number of fused-ring (bicyclic) bond motifs is 1. The van der Waals surface area contributed by atoms with Gasteiger partial charge in [-0.05, 0) is 41.8 Å². The first kappa shape index (κ1) is 16.2. The van der Waals surface area contributed by atoms with Crippen LogP contribution in [0.5, 0.6) is 0 Å². The Bertz CT molecular complexity index is 812. The van der Waals surface area contributed by atoms with E-state index in [1.807, 2.05) is 39.0 Å². The molecule has 0 saturated heterocycles. The molecule has 1 aliphatic rings. The fourth-order valence-electron chi connectivity index (χ4n) is 3.11. The van der Waals surface area contributed by atoms with Crippen molar-refractivity contribution in [2.75, 3.05) is 10.6 Å². The van der Waals surface area contributed by atoms with Gasteiger partial charge in [-0.2, -0.15) is 0 Å². The molecular weight excluding hydrogens is 302 g/mol. The van der Waals surface area contributed by atoms with Gasteiger partial charge in [0.25, 0.3) is 5.91 Å². The molecule has 3 rings (SSSR count). The van der Waals surface area contributed by atoms with Gasteiger partial charge in [-0.1, -0.05) is 20.8 Å². The van der Waals surface area contributed by atoms with Crippen LogP contribution in [0.3, 0.4) is 0 Å². The maximum atomic E-state index is 12.6. The number of pyridine rings is 1. The van der Waals surface area contributed by atoms with Crippen molar-refractivity contribution in [3.05, 3.63) is 53.3 Å². The minimum Gasteiger partial charge on any atom is -0.326 e. The topological polar surface area (TPSA) is 71.1 Å². The maximum Gasteiger partial charge on any atom is 0.256 e. The van der Waals surface area contributed by atoms with Crippen LogP contribution in [0.1, 0.15) is 48.7 Å². The third-order valence-electron chi connectivity index (χ3n) is 4.41. The highest BCUT2D eigenvalue weighted by Gasteiger charge is 2.32. The summed E-state index contributed by atoms with van der Waals surface area (Å²) in [5.74, 6) is -0.125. The van der Waals surface area contributed by atoms with E-state index < -0.39 is 0 Å². The molecule has 0 radical (unpaired) electrons. The average molecular weight is 323 g/mol. The number of nitrogens with zero attached hydrogens (tertiary/aromatic N) is 1. The van der Waals surface area contributed by atoms with E-state index in [0.717, 1.165) is 28.9 Å². The summed E-state index contributed by atoms with van der Waals surface area (Å²) in [5.41, 5.74) is 3.86. The molecule has 2 aromatic rings. The monoisotopic (exact) mass is 323 g/mol. The van der Waals surface area contributed by atoms with E-state index in [2.05, 4.69) is 15.6 Å². The minimum atomic E-state index is -0.260. The lowest BCUT2D eigenvalue weighted by Gasteiger charge is -2.32. The van der Waals surface area contributed by atoms with Gasteiger partial charge in [0, 0.05) is 41.2 Å². The molecular formula is C19H21N3O2. The second-order valence-corrected chi connectivity index (χ2v) is 6.71. The molecule has 1 aromatic heterocycles. The minimum absolute atomic E-state index is 0.0219. The highest BCUT2D eigenvalue weighted by molar-refractivity contribution is 6.05. The fourth-order valence-corrected chi connectivity index (χ4v) is 3.11. The number of anilines is 2. The number of hydrogen-bond acceptors (Lipinski definition) is 3. The molecule has 0 spiro atoms. The van der Waals surface area contributed by atoms with Gasteiger partial charge in [-0.3, -0.25) is 14.6 Å². The Balaban J connectivity index is 1.89. The van der Waals surface area contributed by atoms with Gasteiger partial charge in [0.1, 0.15) is 0 Å². The van der Waals surface area contributed by atoms with E-state index in [1.54, 1.807) is 18.5 Å². The summed E-state index contributed by atoms with van der Waals surface area (Å²) in [7, 11) is 0. The molecule has 0 atom stereocenters. The van der Waals surface area contributed by atoms with Gasteiger partial charge in [0.15, 0.2) is 0 Å². The second kappa shape index (κ2) is 6.07. The van der Waals surface area contributed by atoms with Crippen molar-refractivity contribution < 1.29 is 9.59 Å². The number of carbonyl (C=O) groups excluding carboxylic acids is 2. The maximum absolute atomic E-state index is 12.6. The van der Waals surface area contributed by atoms with Crippen LogP contribution in [0, 0.1) is 0 Å². The lowest BCUT2D eigenvalue weighted by atomic mass is 9.78. The molecule has 5 heteroatoms. The fraction of sp³-hybridized carbons (Fsp3) is 0.316. The van der Waals surface area contributed by atoms with Crippen molar-refractivity contribution in [1.82, 2.24) is 4.98 Å². The quantitative estimate of drug-likeness (QED) is 0.908. The first-order valence-corrected chi connectivity index (χ1v) is 8.09. The average Bonchev–Trinajstić information content (AvgIpc) is 2.54. The molecule has 24 heavy (non-hydrogen) atoms. The number of rotatable bonds is 3. The van der Waals surface area contributed by atoms with Gasteiger partial charge in [-0.15, -0.1) is 0 Å². The highest BCUT2D eigenvalue weighted by atomic mass is 16.2. The number of benzene rings is 1. The summed E-state index contributed by atoms with van der Waals surface area (Å²) >= 11 is 0. The van der Waals surface area contributed by atoms with E-state index >= 15 is 0 Å². The largest absolute Gasteiger partial charge is 0.326 e. The summed E-state index contributed by atoms with van der Waals surface area (Å²) in [6, 6.07) is 7.33. The van der Waals surface area contributed by atoms with Crippen LogP contribution in [0.4, 0.5) is 11.4 Å². The number of carbonyl (C=O) groups is 2. The van der Waals surface area contributed by atoms with Gasteiger partial charge < -0.3 is 10.6 Å². The summed E-state index contributed by atoms with van der Waals surface area (Å²) < 4.78 is 0. The van der Waals surface area contributed by atoms with Crippen molar-refractivity contribution in [3.63, 3.8) is 0 Å². The van der Waals surface area contributed by atoms with E-state index in [9.17, 15) is 9.59 Å². The van der Waals surface area contributed by atoms with Crippen LogP contribution >= 0.6 is 0 Å². The molecule has 124 valence electrons. The first-order chi connectivity index (χ1) is 11.4. The number of aromatic nitrogens is 1. The zero-order chi connectivity index (χ0) is 17.3. The SMILES string of the molecule is CCc1cnccc1C(=O)Nc1ccc2c(c1)C(C)(C)CC(=O)N2. The Kier molecular flexibility index (Phi) is 4.09. The van der Waals surface area contributed by atoms with Crippen LogP contribution in [-0.2, 0) is 16.6 Å². The van der Waals surface area contributed by atoms with Crippen molar-refractivity contribution >= 4 is 23.2 Å². The lowest BCUT2D eigenvalue weighted by molar-refractivity contribution is -0.117. The summed E-state index contributed by atoms with van der Waals surface area (Å²) in [4.78, 5) is 28.4. The van der Waals surface area contributed by atoms with Gasteiger partial charge in [-0.25, -0.2) is 0 Å². The Morgan fingerprint density at radius 3 is 2.88 bits per heavy atom. The molecule has 2 N–H and O–H groups in total. The molecule has 0 aliphatic carbocycles. The van der Waals surface area contributed by atoms with E-state index in [0.29, 0.717) is 12.0 Å². The third kappa shape index (κ3) is 3.02. The first-order valence-electron chi connectivity index (χ1n) is 8.09. The zero-order valence-corrected chi connectivity index (χ0v) is 14.1. The van der Waals surface area contributed by atoms with Crippen molar-refractivity contribution in [3.8, 4) is 0 Å². The Morgan fingerprint density at radius 1 is 1.33 bits per heavy atom. The van der Waals surface area contributed by atoms with Crippen LogP contribution in [0.25, 0.3) is 0 Å². The second-order valence-electron chi connectivity index (χ2n) is 6.71. The number of aryl methyl sites for hydroxylation is 1. The molecule has 1 aromatic carbocycles.